The Balaban J connectivity index is 2.58. The molecule has 0 fully saturated rings. The number of hydrogen-bond acceptors (Lipinski definition) is 2. The summed E-state index contributed by atoms with van der Waals surface area (Å²) in [6.07, 6.45) is 0. The van der Waals surface area contributed by atoms with E-state index in [0.29, 0.717) is 0 Å². The molecule has 1 aromatic carbocycles. The standard InChI is InChI=1S/C13H18N2O/c1-5-15-11-8-9(2)6-7-10(11)14-12(16)13(15,3)4/h6-8H,5H2,1-4H3,(H,14,16). The number of hydrogen-bond donors (Lipinski definition) is 1. The zero-order chi connectivity index (χ0) is 11.9. The summed E-state index contributed by atoms with van der Waals surface area (Å²) >= 11 is 0. The van der Waals surface area contributed by atoms with Crippen molar-refractivity contribution in [2.75, 3.05) is 16.8 Å². The minimum Gasteiger partial charge on any atom is -0.356 e. The van der Waals surface area contributed by atoms with Crippen molar-refractivity contribution in [2.24, 2.45) is 0 Å². The summed E-state index contributed by atoms with van der Waals surface area (Å²) in [5.41, 5.74) is 2.77. The number of anilines is 2. The summed E-state index contributed by atoms with van der Waals surface area (Å²) < 4.78 is 0. The Labute approximate surface area is 96.5 Å². The van der Waals surface area contributed by atoms with Gasteiger partial charge in [0.25, 0.3) is 0 Å². The molecular weight excluding hydrogens is 200 g/mol. The number of fused-ring (bicyclic) bond motifs is 1. The first-order chi connectivity index (χ1) is 7.46. The van der Waals surface area contributed by atoms with Crippen molar-refractivity contribution in [2.45, 2.75) is 33.2 Å². The first-order valence-electron chi connectivity index (χ1n) is 5.66. The fraction of sp³-hybridized carbons (Fsp3) is 0.462. The van der Waals surface area contributed by atoms with Crippen LogP contribution in [0.3, 0.4) is 0 Å². The number of nitrogens with zero attached hydrogens (tertiary/aromatic N) is 1. The normalized spacial score (nSPS) is 18.0. The highest BCUT2D eigenvalue weighted by Crippen LogP contribution is 2.36. The molecule has 86 valence electrons. The highest BCUT2D eigenvalue weighted by atomic mass is 16.2. The summed E-state index contributed by atoms with van der Waals surface area (Å²) in [5, 5.41) is 2.96. The van der Waals surface area contributed by atoms with Crippen LogP contribution >= 0.6 is 0 Å². The molecular formula is C13H18N2O. The monoisotopic (exact) mass is 218 g/mol. The van der Waals surface area contributed by atoms with Crippen LogP contribution in [0.1, 0.15) is 26.3 Å². The molecule has 0 saturated heterocycles. The summed E-state index contributed by atoms with van der Waals surface area (Å²) in [7, 11) is 0. The SMILES string of the molecule is CCN1c2cc(C)ccc2NC(=O)C1(C)C. The number of carbonyl (C=O) groups excluding carboxylic acids is 1. The van der Waals surface area contributed by atoms with E-state index in [0.717, 1.165) is 17.9 Å². The van der Waals surface area contributed by atoms with Crippen LogP contribution in [-0.4, -0.2) is 18.0 Å². The Kier molecular flexibility index (Phi) is 2.41. The van der Waals surface area contributed by atoms with Crippen molar-refractivity contribution < 1.29 is 4.79 Å². The Bertz CT molecular complexity index is 438. The first-order valence-corrected chi connectivity index (χ1v) is 5.66. The van der Waals surface area contributed by atoms with E-state index in [-0.39, 0.29) is 5.91 Å². The van der Waals surface area contributed by atoms with Crippen LogP contribution < -0.4 is 10.2 Å². The molecule has 0 bridgehead atoms. The second-order valence-electron chi connectivity index (χ2n) is 4.78. The van der Waals surface area contributed by atoms with E-state index < -0.39 is 5.54 Å². The van der Waals surface area contributed by atoms with Crippen molar-refractivity contribution in [3.8, 4) is 0 Å². The number of nitrogens with one attached hydrogen (secondary N) is 1. The molecule has 0 aromatic heterocycles. The average Bonchev–Trinajstić information content (AvgIpc) is 2.21. The van der Waals surface area contributed by atoms with Crippen LogP contribution in [0.5, 0.6) is 0 Å². The van der Waals surface area contributed by atoms with Gasteiger partial charge in [0.2, 0.25) is 5.91 Å². The molecule has 1 amide bonds. The lowest BCUT2D eigenvalue weighted by Gasteiger charge is -2.43. The Morgan fingerprint density at radius 2 is 2.06 bits per heavy atom. The predicted molar refractivity (Wildman–Crippen MR) is 66.9 cm³/mol. The van der Waals surface area contributed by atoms with E-state index >= 15 is 0 Å². The van der Waals surface area contributed by atoms with E-state index in [4.69, 9.17) is 0 Å². The van der Waals surface area contributed by atoms with E-state index in [1.165, 1.54) is 5.56 Å². The Morgan fingerprint density at radius 3 is 2.69 bits per heavy atom. The molecule has 0 radical (unpaired) electrons. The van der Waals surface area contributed by atoms with Gasteiger partial charge >= 0.3 is 0 Å². The lowest BCUT2D eigenvalue weighted by atomic mass is 9.96. The van der Waals surface area contributed by atoms with E-state index in [1.54, 1.807) is 0 Å². The zero-order valence-corrected chi connectivity index (χ0v) is 10.3. The van der Waals surface area contributed by atoms with Gasteiger partial charge in [0.05, 0.1) is 11.4 Å². The molecule has 2 rings (SSSR count). The maximum Gasteiger partial charge on any atom is 0.249 e. The lowest BCUT2D eigenvalue weighted by Crippen LogP contribution is -2.56. The van der Waals surface area contributed by atoms with E-state index in [1.807, 2.05) is 26.0 Å². The molecule has 0 unspecified atom stereocenters. The van der Waals surface area contributed by atoms with E-state index in [9.17, 15) is 4.79 Å². The molecule has 16 heavy (non-hydrogen) atoms. The molecule has 1 aliphatic heterocycles. The summed E-state index contributed by atoms with van der Waals surface area (Å²) in [4.78, 5) is 14.1. The second kappa shape index (κ2) is 3.51. The van der Waals surface area contributed by atoms with Gasteiger partial charge in [-0.05, 0) is 45.4 Å². The summed E-state index contributed by atoms with van der Waals surface area (Å²) in [5.74, 6) is 0.0608. The number of carbonyl (C=O) groups is 1. The van der Waals surface area contributed by atoms with Gasteiger partial charge in [0, 0.05) is 6.54 Å². The molecule has 0 saturated carbocycles. The van der Waals surface area contributed by atoms with Gasteiger partial charge in [0.15, 0.2) is 0 Å². The third kappa shape index (κ3) is 1.47. The van der Waals surface area contributed by atoms with Gasteiger partial charge in [-0.1, -0.05) is 6.07 Å². The maximum atomic E-state index is 12.0. The van der Waals surface area contributed by atoms with Gasteiger partial charge < -0.3 is 10.2 Å². The summed E-state index contributed by atoms with van der Waals surface area (Å²) in [6, 6.07) is 6.12. The number of rotatable bonds is 1. The number of amides is 1. The molecule has 0 spiro atoms. The highest BCUT2D eigenvalue weighted by molar-refractivity contribution is 6.06. The lowest BCUT2D eigenvalue weighted by molar-refractivity contribution is -0.120. The third-order valence-electron chi connectivity index (χ3n) is 3.24. The first kappa shape index (κ1) is 11.0. The molecule has 0 atom stereocenters. The van der Waals surface area contributed by atoms with Gasteiger partial charge in [-0.3, -0.25) is 4.79 Å². The van der Waals surface area contributed by atoms with Crippen LogP contribution in [-0.2, 0) is 4.79 Å². The van der Waals surface area contributed by atoms with Crippen LogP contribution in [0.2, 0.25) is 0 Å². The van der Waals surface area contributed by atoms with E-state index in [2.05, 4.69) is 30.1 Å². The summed E-state index contributed by atoms with van der Waals surface area (Å²) in [6.45, 7) is 8.88. The minimum absolute atomic E-state index is 0.0608. The Morgan fingerprint density at radius 1 is 1.38 bits per heavy atom. The quantitative estimate of drug-likeness (QED) is 0.785. The van der Waals surface area contributed by atoms with Crippen LogP contribution in [0, 0.1) is 6.92 Å². The van der Waals surface area contributed by atoms with Crippen molar-refractivity contribution in [3.05, 3.63) is 23.8 Å². The van der Waals surface area contributed by atoms with Crippen molar-refractivity contribution in [3.63, 3.8) is 0 Å². The van der Waals surface area contributed by atoms with Gasteiger partial charge in [-0.2, -0.15) is 0 Å². The van der Waals surface area contributed by atoms with Crippen molar-refractivity contribution in [1.29, 1.82) is 0 Å². The number of aryl methyl sites for hydroxylation is 1. The Hall–Kier alpha value is -1.51. The average molecular weight is 218 g/mol. The number of benzene rings is 1. The number of likely N-dealkylation sites (N-methyl/N-ethyl adjacent to an activating group) is 1. The van der Waals surface area contributed by atoms with Crippen molar-refractivity contribution >= 4 is 17.3 Å². The highest BCUT2D eigenvalue weighted by Gasteiger charge is 2.39. The topological polar surface area (TPSA) is 32.3 Å². The molecule has 3 nitrogen and oxygen atoms in total. The fourth-order valence-corrected chi connectivity index (χ4v) is 2.24. The molecule has 3 heteroatoms. The van der Waals surface area contributed by atoms with Gasteiger partial charge in [-0.15, -0.1) is 0 Å². The predicted octanol–water partition coefficient (Wildman–Crippen LogP) is 2.55. The maximum absolute atomic E-state index is 12.0. The van der Waals surface area contributed by atoms with Gasteiger partial charge in [0.1, 0.15) is 5.54 Å². The van der Waals surface area contributed by atoms with Crippen molar-refractivity contribution in [1.82, 2.24) is 0 Å². The molecule has 1 N–H and O–H groups in total. The molecule has 1 heterocycles. The fourth-order valence-electron chi connectivity index (χ4n) is 2.24. The van der Waals surface area contributed by atoms with Crippen LogP contribution in [0.15, 0.2) is 18.2 Å². The molecule has 1 aliphatic rings. The third-order valence-corrected chi connectivity index (χ3v) is 3.24. The molecule has 0 aliphatic carbocycles. The van der Waals surface area contributed by atoms with Gasteiger partial charge in [-0.25, -0.2) is 0 Å². The van der Waals surface area contributed by atoms with Crippen LogP contribution in [0.4, 0.5) is 11.4 Å². The zero-order valence-electron chi connectivity index (χ0n) is 10.3. The smallest absolute Gasteiger partial charge is 0.249 e. The van der Waals surface area contributed by atoms with Crippen LogP contribution in [0.25, 0.3) is 0 Å². The second-order valence-corrected chi connectivity index (χ2v) is 4.78. The minimum atomic E-state index is -0.477. The molecule has 1 aromatic rings. The largest absolute Gasteiger partial charge is 0.356 e.